The summed E-state index contributed by atoms with van der Waals surface area (Å²) in [5, 5.41) is 0. The van der Waals surface area contributed by atoms with Crippen LogP contribution in [-0.4, -0.2) is 18.7 Å². The van der Waals surface area contributed by atoms with Crippen molar-refractivity contribution in [1.29, 1.82) is 0 Å². The second-order valence-electron chi connectivity index (χ2n) is 1.62. The number of alkyl halides is 1. The molecule has 0 spiro atoms. The Bertz CT molecular complexity index is 58.8. The molecule has 8 heavy (non-hydrogen) atoms. The summed E-state index contributed by atoms with van der Waals surface area (Å²) in [4.78, 5) is 0. The molecule has 0 aliphatic rings. The van der Waals surface area contributed by atoms with E-state index in [1.807, 2.05) is 0 Å². The van der Waals surface area contributed by atoms with Crippen LogP contribution in [0.4, 0.5) is 12.2 Å². The van der Waals surface area contributed by atoms with Gasteiger partial charge in [-0.2, -0.15) is 7.77 Å². The summed E-state index contributed by atoms with van der Waals surface area (Å²) in [5.41, 5.74) is 0. The van der Waals surface area contributed by atoms with E-state index in [2.05, 4.69) is 0 Å². The molecule has 0 nitrogen and oxygen atoms in total. The van der Waals surface area contributed by atoms with Crippen LogP contribution in [0.15, 0.2) is 0 Å². The summed E-state index contributed by atoms with van der Waals surface area (Å²) in [6.07, 6.45) is 0.876. The molecule has 0 atom stereocenters. The SMILES string of the molecule is CS(F)(F)CCCF. The Labute approximate surface area is 49.0 Å². The topological polar surface area (TPSA) is 0 Å². The van der Waals surface area contributed by atoms with Gasteiger partial charge in [-0.05, 0) is 6.42 Å². The molecule has 0 unspecified atom stereocenters. The first kappa shape index (κ1) is 8.14. The lowest BCUT2D eigenvalue weighted by Crippen LogP contribution is -1.90. The summed E-state index contributed by atoms with van der Waals surface area (Å²) < 4.78 is 34.9. The van der Waals surface area contributed by atoms with Crippen molar-refractivity contribution in [2.24, 2.45) is 0 Å². The number of halogens is 3. The predicted molar refractivity (Wildman–Crippen MR) is 31.2 cm³/mol. The van der Waals surface area contributed by atoms with Crippen molar-refractivity contribution in [1.82, 2.24) is 0 Å². The van der Waals surface area contributed by atoms with Gasteiger partial charge in [-0.1, -0.05) is 0 Å². The zero-order valence-corrected chi connectivity index (χ0v) is 5.48. The van der Waals surface area contributed by atoms with Crippen LogP contribution >= 0.6 is 10.8 Å². The highest BCUT2D eigenvalue weighted by molar-refractivity contribution is 8.24. The van der Waals surface area contributed by atoms with E-state index < -0.39 is 17.5 Å². The monoisotopic (exact) mass is 146 g/mol. The Hall–Kier alpha value is 0.140. The minimum Gasteiger partial charge on any atom is -0.251 e. The first-order valence-corrected chi connectivity index (χ1v) is 4.28. The standard InChI is InChI=1S/C4H9F3S/c1-8(6,7)4-2-3-5/h2-4H2,1H3. The molecule has 0 saturated carbocycles. The normalized spacial score (nSPS) is 14.0. The molecule has 0 rings (SSSR count). The second kappa shape index (κ2) is 3.22. The Morgan fingerprint density at radius 2 is 1.88 bits per heavy atom. The first-order chi connectivity index (χ1) is 3.56. The molecule has 0 aromatic carbocycles. The van der Waals surface area contributed by atoms with Crippen LogP contribution in [0.1, 0.15) is 6.42 Å². The van der Waals surface area contributed by atoms with E-state index in [0.29, 0.717) is 0 Å². The Morgan fingerprint density at radius 3 is 2.00 bits per heavy atom. The van der Waals surface area contributed by atoms with Crippen molar-refractivity contribution in [3.8, 4) is 0 Å². The lowest BCUT2D eigenvalue weighted by atomic mass is 10.6. The minimum atomic E-state index is -3.43. The fourth-order valence-corrected chi connectivity index (χ4v) is 0.924. The zero-order chi connectivity index (χ0) is 6.62. The fourth-order valence-electron chi connectivity index (χ4n) is 0.308. The quantitative estimate of drug-likeness (QED) is 0.574. The van der Waals surface area contributed by atoms with E-state index in [-0.39, 0.29) is 12.2 Å². The molecule has 0 aromatic heterocycles. The van der Waals surface area contributed by atoms with E-state index in [0.717, 1.165) is 6.26 Å². The van der Waals surface area contributed by atoms with E-state index in [9.17, 15) is 12.2 Å². The van der Waals surface area contributed by atoms with Crippen molar-refractivity contribution in [2.75, 3.05) is 18.7 Å². The minimum absolute atomic E-state index is 0.00116. The number of hydrogen-bond acceptors (Lipinski definition) is 0. The molecular formula is C4H9F3S. The molecule has 0 aliphatic carbocycles. The van der Waals surface area contributed by atoms with Gasteiger partial charge in [-0.3, -0.25) is 4.39 Å². The van der Waals surface area contributed by atoms with Crippen LogP contribution in [0.2, 0.25) is 0 Å². The fraction of sp³-hybridized carbons (Fsp3) is 1.00. The lowest BCUT2D eigenvalue weighted by Gasteiger charge is -2.11. The zero-order valence-electron chi connectivity index (χ0n) is 4.66. The lowest BCUT2D eigenvalue weighted by molar-refractivity contribution is 0.486. The van der Waals surface area contributed by atoms with Crippen LogP contribution in [0.3, 0.4) is 0 Å². The molecule has 0 saturated heterocycles. The van der Waals surface area contributed by atoms with Gasteiger partial charge in [0, 0.05) is 12.0 Å². The smallest absolute Gasteiger partial charge is 0.0903 e. The number of hydrogen-bond donors (Lipinski definition) is 0. The van der Waals surface area contributed by atoms with Crippen LogP contribution < -0.4 is 0 Å². The van der Waals surface area contributed by atoms with Crippen LogP contribution in [0, 0.1) is 0 Å². The van der Waals surface area contributed by atoms with Gasteiger partial charge in [0.1, 0.15) is 0 Å². The highest BCUT2D eigenvalue weighted by Gasteiger charge is 2.12. The van der Waals surface area contributed by atoms with Gasteiger partial charge in [0.15, 0.2) is 0 Å². The van der Waals surface area contributed by atoms with E-state index in [1.165, 1.54) is 0 Å². The maximum Gasteiger partial charge on any atom is 0.0903 e. The second-order valence-corrected chi connectivity index (χ2v) is 3.78. The molecule has 0 aliphatic heterocycles. The van der Waals surface area contributed by atoms with Crippen molar-refractivity contribution in [3.05, 3.63) is 0 Å². The van der Waals surface area contributed by atoms with Crippen molar-refractivity contribution in [2.45, 2.75) is 6.42 Å². The van der Waals surface area contributed by atoms with E-state index in [4.69, 9.17) is 0 Å². The molecule has 0 bridgehead atoms. The van der Waals surface area contributed by atoms with E-state index >= 15 is 0 Å². The largest absolute Gasteiger partial charge is 0.251 e. The third-order valence-corrected chi connectivity index (χ3v) is 1.64. The highest BCUT2D eigenvalue weighted by Crippen LogP contribution is 2.47. The van der Waals surface area contributed by atoms with Crippen LogP contribution in [0.5, 0.6) is 0 Å². The third kappa shape index (κ3) is 6.14. The summed E-state index contributed by atoms with van der Waals surface area (Å²) in [7, 11) is -3.43. The van der Waals surface area contributed by atoms with E-state index in [1.54, 1.807) is 0 Å². The molecule has 0 radical (unpaired) electrons. The number of rotatable bonds is 3. The summed E-state index contributed by atoms with van der Waals surface area (Å²) >= 11 is 0. The Morgan fingerprint density at radius 1 is 1.38 bits per heavy atom. The van der Waals surface area contributed by atoms with Crippen LogP contribution in [-0.2, 0) is 0 Å². The van der Waals surface area contributed by atoms with Gasteiger partial charge in [0.25, 0.3) is 0 Å². The van der Waals surface area contributed by atoms with Gasteiger partial charge in [-0.25, -0.2) is 0 Å². The molecular weight excluding hydrogens is 137 g/mol. The average Bonchev–Trinajstić information content (AvgIpc) is 1.59. The molecule has 0 amide bonds. The molecule has 0 fully saturated rings. The first-order valence-electron chi connectivity index (χ1n) is 2.27. The van der Waals surface area contributed by atoms with Gasteiger partial charge >= 0.3 is 0 Å². The predicted octanol–water partition coefficient (Wildman–Crippen LogP) is 2.55. The average molecular weight is 146 g/mol. The molecule has 4 heteroatoms. The van der Waals surface area contributed by atoms with Crippen molar-refractivity contribution < 1.29 is 12.2 Å². The molecule has 0 N–H and O–H groups in total. The highest BCUT2D eigenvalue weighted by atomic mass is 32.3. The van der Waals surface area contributed by atoms with Gasteiger partial charge in [-0.15, -0.1) is 0 Å². The third-order valence-electron chi connectivity index (χ3n) is 0.636. The molecule has 52 valence electrons. The maximum atomic E-state index is 11.8. The van der Waals surface area contributed by atoms with Crippen molar-refractivity contribution >= 4 is 10.8 Å². The molecule has 0 aromatic rings. The van der Waals surface area contributed by atoms with Crippen LogP contribution in [0.25, 0.3) is 0 Å². The van der Waals surface area contributed by atoms with Crippen molar-refractivity contribution in [3.63, 3.8) is 0 Å². The van der Waals surface area contributed by atoms with Gasteiger partial charge in [0.05, 0.1) is 17.5 Å². The maximum absolute atomic E-state index is 11.8. The Balaban J connectivity index is 3.11. The van der Waals surface area contributed by atoms with Gasteiger partial charge in [0.2, 0.25) is 0 Å². The summed E-state index contributed by atoms with van der Waals surface area (Å²) in [5.74, 6) is -0.260. The summed E-state index contributed by atoms with van der Waals surface area (Å²) in [6.45, 7) is -0.629. The molecule has 0 heterocycles. The Kier molecular flexibility index (Phi) is 3.28. The summed E-state index contributed by atoms with van der Waals surface area (Å²) in [6, 6.07) is 0. The van der Waals surface area contributed by atoms with Gasteiger partial charge < -0.3 is 0 Å².